The summed E-state index contributed by atoms with van der Waals surface area (Å²) in [6, 6.07) is 9.22. The van der Waals surface area contributed by atoms with E-state index in [0.717, 1.165) is 54.4 Å². The molecule has 4 fully saturated rings. The fraction of sp³-hybridized carbons (Fsp3) is 0.538. The zero-order valence-corrected chi connectivity index (χ0v) is 20.2. The van der Waals surface area contributed by atoms with Crippen LogP contribution in [0.15, 0.2) is 43.1 Å². The van der Waals surface area contributed by atoms with Crippen LogP contribution in [0.25, 0.3) is 10.9 Å². The monoisotopic (exact) mass is 465 g/mol. The SMILES string of the molecule is C=CC1CN2CCC1CC2C(NC(=S)NCC1CCCN1)c1ccnc2ccc(OC)cc12. The minimum atomic E-state index is 0.0766. The van der Waals surface area contributed by atoms with Crippen LogP contribution < -0.4 is 20.7 Å². The summed E-state index contributed by atoms with van der Waals surface area (Å²) in [6.45, 7) is 8.27. The summed E-state index contributed by atoms with van der Waals surface area (Å²) in [6.07, 6.45) is 8.91. The van der Waals surface area contributed by atoms with E-state index < -0.39 is 0 Å². The molecule has 1 aromatic heterocycles. The van der Waals surface area contributed by atoms with Crippen molar-refractivity contribution in [3.8, 4) is 5.75 Å². The number of benzene rings is 1. The van der Waals surface area contributed by atoms with Crippen molar-refractivity contribution in [1.82, 2.24) is 25.8 Å². The zero-order valence-electron chi connectivity index (χ0n) is 19.4. The van der Waals surface area contributed by atoms with Gasteiger partial charge in [0.15, 0.2) is 5.11 Å². The van der Waals surface area contributed by atoms with Crippen LogP contribution in [-0.2, 0) is 0 Å². The Morgan fingerprint density at radius 2 is 2.30 bits per heavy atom. The molecule has 4 saturated heterocycles. The molecule has 176 valence electrons. The summed E-state index contributed by atoms with van der Waals surface area (Å²) in [5.74, 6) is 2.12. The van der Waals surface area contributed by atoms with Gasteiger partial charge in [-0.1, -0.05) is 6.08 Å². The molecule has 4 aliphatic heterocycles. The fourth-order valence-electron chi connectivity index (χ4n) is 5.99. The van der Waals surface area contributed by atoms with E-state index in [1.807, 2.05) is 18.3 Å². The first-order valence-corrected chi connectivity index (χ1v) is 12.6. The molecule has 2 bridgehead atoms. The second-order valence-electron chi connectivity index (χ2n) is 9.65. The van der Waals surface area contributed by atoms with Gasteiger partial charge in [-0.05, 0) is 92.7 Å². The number of ether oxygens (including phenoxy) is 1. The molecule has 6 unspecified atom stereocenters. The number of nitrogens with zero attached hydrogens (tertiary/aromatic N) is 2. The first kappa shape index (κ1) is 22.6. The molecule has 1 aromatic carbocycles. The molecule has 0 spiro atoms. The van der Waals surface area contributed by atoms with E-state index in [0.29, 0.717) is 23.9 Å². The Kier molecular flexibility index (Phi) is 6.81. The van der Waals surface area contributed by atoms with Crippen molar-refractivity contribution in [3.63, 3.8) is 0 Å². The molecular weight excluding hydrogens is 430 g/mol. The van der Waals surface area contributed by atoms with Gasteiger partial charge in [0.05, 0.1) is 18.7 Å². The summed E-state index contributed by atoms with van der Waals surface area (Å²) < 4.78 is 5.54. The van der Waals surface area contributed by atoms with E-state index in [4.69, 9.17) is 17.0 Å². The van der Waals surface area contributed by atoms with Gasteiger partial charge in [-0.3, -0.25) is 9.88 Å². The predicted octanol–water partition coefficient (Wildman–Crippen LogP) is 3.40. The Bertz CT molecular complexity index is 1010. The van der Waals surface area contributed by atoms with Crippen LogP contribution >= 0.6 is 12.2 Å². The van der Waals surface area contributed by atoms with E-state index >= 15 is 0 Å². The van der Waals surface area contributed by atoms with Gasteiger partial charge in [-0.15, -0.1) is 6.58 Å². The molecule has 0 aliphatic carbocycles. The number of thiocarbonyl (C=S) groups is 1. The maximum absolute atomic E-state index is 5.81. The lowest BCUT2D eigenvalue weighted by Gasteiger charge is -2.52. The first-order valence-electron chi connectivity index (χ1n) is 12.2. The summed E-state index contributed by atoms with van der Waals surface area (Å²) in [5, 5.41) is 12.6. The molecule has 6 rings (SSSR count). The van der Waals surface area contributed by atoms with E-state index in [1.165, 1.54) is 24.8 Å². The number of rotatable bonds is 7. The van der Waals surface area contributed by atoms with Crippen LogP contribution in [0.2, 0.25) is 0 Å². The number of hydrogen-bond donors (Lipinski definition) is 3. The minimum absolute atomic E-state index is 0.0766. The zero-order chi connectivity index (χ0) is 22.8. The Morgan fingerprint density at radius 3 is 3.03 bits per heavy atom. The fourth-order valence-corrected chi connectivity index (χ4v) is 6.20. The van der Waals surface area contributed by atoms with Crippen molar-refractivity contribution in [2.24, 2.45) is 11.8 Å². The van der Waals surface area contributed by atoms with Gasteiger partial charge in [-0.25, -0.2) is 0 Å². The quantitative estimate of drug-likeness (QED) is 0.428. The van der Waals surface area contributed by atoms with Crippen molar-refractivity contribution in [2.45, 2.75) is 43.8 Å². The summed E-state index contributed by atoms with van der Waals surface area (Å²) in [5.41, 5.74) is 2.21. The Balaban J connectivity index is 1.45. The van der Waals surface area contributed by atoms with Crippen LogP contribution in [0, 0.1) is 11.8 Å². The minimum Gasteiger partial charge on any atom is -0.497 e. The molecule has 6 nitrogen and oxygen atoms in total. The van der Waals surface area contributed by atoms with Crippen molar-refractivity contribution in [2.75, 3.05) is 33.3 Å². The number of methoxy groups -OCH3 is 1. The summed E-state index contributed by atoms with van der Waals surface area (Å²) in [4.78, 5) is 7.26. The Morgan fingerprint density at radius 1 is 1.39 bits per heavy atom. The van der Waals surface area contributed by atoms with Gasteiger partial charge >= 0.3 is 0 Å². The summed E-state index contributed by atoms with van der Waals surface area (Å²) in [7, 11) is 1.71. The van der Waals surface area contributed by atoms with Crippen LogP contribution in [0.1, 0.15) is 37.3 Å². The molecule has 5 heterocycles. The van der Waals surface area contributed by atoms with Gasteiger partial charge in [0.1, 0.15) is 5.75 Å². The number of hydrogen-bond acceptors (Lipinski definition) is 5. The highest BCUT2D eigenvalue weighted by atomic mass is 32.1. The smallest absolute Gasteiger partial charge is 0.166 e. The molecule has 0 saturated carbocycles. The number of aromatic nitrogens is 1. The third-order valence-electron chi connectivity index (χ3n) is 7.81. The van der Waals surface area contributed by atoms with E-state index in [2.05, 4.69) is 50.6 Å². The van der Waals surface area contributed by atoms with Crippen LogP contribution in [-0.4, -0.2) is 60.4 Å². The second kappa shape index (κ2) is 9.95. The van der Waals surface area contributed by atoms with Gasteiger partial charge in [0.25, 0.3) is 0 Å². The molecule has 6 atom stereocenters. The maximum atomic E-state index is 5.81. The lowest BCUT2D eigenvalue weighted by Crippen LogP contribution is -2.58. The van der Waals surface area contributed by atoms with Crippen molar-refractivity contribution < 1.29 is 4.74 Å². The highest BCUT2D eigenvalue weighted by Gasteiger charge is 2.43. The largest absolute Gasteiger partial charge is 0.497 e. The Labute approximate surface area is 202 Å². The Hall–Kier alpha value is -2.22. The summed E-state index contributed by atoms with van der Waals surface area (Å²) >= 11 is 5.81. The normalized spacial score (nSPS) is 29.5. The van der Waals surface area contributed by atoms with Crippen LogP contribution in [0.4, 0.5) is 0 Å². The van der Waals surface area contributed by atoms with Crippen molar-refractivity contribution in [3.05, 3.63) is 48.7 Å². The van der Waals surface area contributed by atoms with E-state index in [1.54, 1.807) is 7.11 Å². The van der Waals surface area contributed by atoms with Gasteiger partial charge in [0, 0.05) is 36.8 Å². The number of fused-ring (bicyclic) bond motifs is 4. The van der Waals surface area contributed by atoms with E-state index in [-0.39, 0.29) is 6.04 Å². The predicted molar refractivity (Wildman–Crippen MR) is 138 cm³/mol. The molecule has 3 N–H and O–H groups in total. The van der Waals surface area contributed by atoms with Crippen molar-refractivity contribution in [1.29, 1.82) is 0 Å². The molecule has 0 amide bonds. The number of piperidine rings is 3. The molecule has 0 radical (unpaired) electrons. The standard InChI is InChI=1S/C26H35N5OS/c1-3-17-16-31-12-9-18(17)13-24(31)25(30-26(33)29-15-19-5-4-10-27-19)21-8-11-28-23-7-6-20(32-2)14-22(21)23/h3,6-8,11,14,17-19,24-25,27H,1,4-5,9-10,12-13,15-16H2,2H3,(H2,29,30,33). The number of nitrogens with one attached hydrogen (secondary N) is 3. The van der Waals surface area contributed by atoms with Gasteiger partial charge in [0.2, 0.25) is 0 Å². The third-order valence-corrected chi connectivity index (χ3v) is 8.08. The highest BCUT2D eigenvalue weighted by molar-refractivity contribution is 7.80. The first-order chi connectivity index (χ1) is 16.2. The third kappa shape index (κ3) is 4.72. The van der Waals surface area contributed by atoms with Crippen LogP contribution in [0.3, 0.4) is 0 Å². The average molecular weight is 466 g/mol. The maximum Gasteiger partial charge on any atom is 0.166 e. The lowest BCUT2D eigenvalue weighted by molar-refractivity contribution is 0.00429. The molecule has 4 aliphatic rings. The average Bonchev–Trinajstić information content (AvgIpc) is 3.39. The van der Waals surface area contributed by atoms with Crippen LogP contribution in [0.5, 0.6) is 5.75 Å². The van der Waals surface area contributed by atoms with E-state index in [9.17, 15) is 0 Å². The highest BCUT2D eigenvalue weighted by Crippen LogP contribution is 2.42. The topological polar surface area (TPSA) is 61.5 Å². The van der Waals surface area contributed by atoms with Gasteiger partial charge in [-0.2, -0.15) is 0 Å². The molecular formula is C26H35N5OS. The lowest BCUT2D eigenvalue weighted by atomic mass is 9.73. The second-order valence-corrected chi connectivity index (χ2v) is 10.1. The van der Waals surface area contributed by atoms with Gasteiger partial charge < -0.3 is 20.7 Å². The molecule has 33 heavy (non-hydrogen) atoms. The molecule has 7 heteroatoms. The molecule has 2 aromatic rings. The number of pyridine rings is 1. The van der Waals surface area contributed by atoms with Crippen molar-refractivity contribution >= 4 is 28.2 Å².